The van der Waals surface area contributed by atoms with E-state index in [1.807, 2.05) is 49.6 Å². The van der Waals surface area contributed by atoms with Gasteiger partial charge in [0.25, 0.3) is 0 Å². The van der Waals surface area contributed by atoms with E-state index in [4.69, 9.17) is 11.6 Å². The Morgan fingerprint density at radius 2 is 2.14 bits per heavy atom. The lowest BCUT2D eigenvalue weighted by atomic mass is 10.0. The van der Waals surface area contributed by atoms with Gasteiger partial charge in [-0.15, -0.1) is 0 Å². The summed E-state index contributed by atoms with van der Waals surface area (Å²) in [5.74, 6) is 0.144. The number of hydrogen-bond acceptors (Lipinski definition) is 3. The highest BCUT2D eigenvalue weighted by molar-refractivity contribution is 6.31. The van der Waals surface area contributed by atoms with Crippen LogP contribution in [0, 0.1) is 0 Å². The zero-order valence-corrected chi connectivity index (χ0v) is 13.1. The van der Waals surface area contributed by atoms with Crippen molar-refractivity contribution in [3.63, 3.8) is 0 Å². The number of nitrogens with zero attached hydrogens (tertiary/aromatic N) is 2. The molecule has 2 heterocycles. The maximum atomic E-state index is 12.1. The summed E-state index contributed by atoms with van der Waals surface area (Å²) < 4.78 is 0. The number of rotatable bonds is 4. The van der Waals surface area contributed by atoms with Crippen molar-refractivity contribution in [2.24, 2.45) is 0 Å². The Morgan fingerprint density at radius 3 is 2.86 bits per heavy atom. The maximum Gasteiger partial charge on any atom is 0.224 e. The molecule has 1 N–H and O–H groups in total. The summed E-state index contributed by atoms with van der Waals surface area (Å²) in [4.78, 5) is 18.0. The summed E-state index contributed by atoms with van der Waals surface area (Å²) >= 11 is 6.19. The fourth-order valence-corrected chi connectivity index (χ4v) is 3.14. The number of aromatic nitrogens is 1. The fourth-order valence-electron chi connectivity index (χ4n) is 2.94. The smallest absolute Gasteiger partial charge is 0.224 e. The Kier molecular flexibility index (Phi) is 4.41. The van der Waals surface area contributed by atoms with Crippen molar-refractivity contribution < 1.29 is 4.79 Å². The lowest BCUT2D eigenvalue weighted by Gasteiger charge is -2.26. The molecule has 1 saturated heterocycles. The van der Waals surface area contributed by atoms with Crippen molar-refractivity contribution in [3.05, 3.63) is 64.9 Å². The zero-order valence-electron chi connectivity index (χ0n) is 12.4. The van der Waals surface area contributed by atoms with E-state index in [0.29, 0.717) is 13.0 Å². The minimum absolute atomic E-state index is 0.00341. The zero-order chi connectivity index (χ0) is 15.5. The van der Waals surface area contributed by atoms with Gasteiger partial charge in [-0.1, -0.05) is 35.9 Å². The molecule has 0 unspecified atom stereocenters. The van der Waals surface area contributed by atoms with Gasteiger partial charge in [0.05, 0.1) is 6.04 Å². The summed E-state index contributed by atoms with van der Waals surface area (Å²) in [7, 11) is 1.84. The molecule has 1 fully saturated rings. The molecule has 3 rings (SSSR count). The molecule has 114 valence electrons. The van der Waals surface area contributed by atoms with Gasteiger partial charge in [-0.25, -0.2) is 0 Å². The van der Waals surface area contributed by atoms with Crippen LogP contribution in [0.15, 0.2) is 48.8 Å². The van der Waals surface area contributed by atoms with Gasteiger partial charge < -0.3 is 10.2 Å². The van der Waals surface area contributed by atoms with E-state index in [1.54, 1.807) is 11.1 Å². The molecule has 1 aromatic heterocycles. The van der Waals surface area contributed by atoms with E-state index < -0.39 is 0 Å². The number of halogens is 1. The number of nitrogens with one attached hydrogen (secondary N) is 1. The molecule has 0 spiro atoms. The van der Waals surface area contributed by atoms with Crippen LogP contribution in [0.5, 0.6) is 0 Å². The van der Waals surface area contributed by atoms with Crippen molar-refractivity contribution in [3.8, 4) is 0 Å². The molecule has 0 aliphatic carbocycles. The van der Waals surface area contributed by atoms with E-state index in [-0.39, 0.29) is 18.0 Å². The first-order valence-electron chi connectivity index (χ1n) is 7.29. The van der Waals surface area contributed by atoms with Crippen LogP contribution in [-0.2, 0) is 11.3 Å². The highest BCUT2D eigenvalue weighted by Crippen LogP contribution is 2.31. The SMILES string of the molecule is CN1C(=O)C[C@@H](NCc2ccccc2Cl)[C@@H]1c1cccnc1. The summed E-state index contributed by atoms with van der Waals surface area (Å²) in [5.41, 5.74) is 2.09. The molecule has 5 heteroatoms. The first-order chi connectivity index (χ1) is 10.7. The van der Waals surface area contributed by atoms with Gasteiger partial charge in [0.15, 0.2) is 0 Å². The monoisotopic (exact) mass is 315 g/mol. The number of likely N-dealkylation sites (tertiary alicyclic amines) is 1. The Bertz CT molecular complexity index is 662. The second-order valence-corrected chi connectivity index (χ2v) is 5.93. The largest absolute Gasteiger partial charge is 0.337 e. The first kappa shape index (κ1) is 15.0. The molecule has 1 aromatic carbocycles. The number of hydrogen-bond donors (Lipinski definition) is 1. The molecular weight excluding hydrogens is 298 g/mol. The second kappa shape index (κ2) is 6.46. The van der Waals surface area contributed by atoms with Crippen molar-refractivity contribution in [2.75, 3.05) is 7.05 Å². The molecule has 1 amide bonds. The molecule has 0 radical (unpaired) electrons. The van der Waals surface area contributed by atoms with Crippen molar-refractivity contribution in [1.29, 1.82) is 0 Å². The third-order valence-electron chi connectivity index (χ3n) is 4.12. The average molecular weight is 316 g/mol. The van der Waals surface area contributed by atoms with E-state index in [9.17, 15) is 4.79 Å². The van der Waals surface area contributed by atoms with Crippen molar-refractivity contribution in [2.45, 2.75) is 25.0 Å². The second-order valence-electron chi connectivity index (χ2n) is 5.52. The summed E-state index contributed by atoms with van der Waals surface area (Å²) in [5, 5.41) is 4.21. The number of carbonyl (C=O) groups is 1. The van der Waals surface area contributed by atoms with Crippen molar-refractivity contribution >= 4 is 17.5 Å². The predicted octanol–water partition coefficient (Wildman–Crippen LogP) is 2.80. The number of amides is 1. The van der Waals surface area contributed by atoms with Crippen LogP contribution in [0.2, 0.25) is 5.02 Å². The highest BCUT2D eigenvalue weighted by atomic mass is 35.5. The molecule has 1 aliphatic rings. The number of benzene rings is 1. The Balaban J connectivity index is 1.77. The van der Waals surface area contributed by atoms with Crippen molar-refractivity contribution in [1.82, 2.24) is 15.2 Å². The Morgan fingerprint density at radius 1 is 1.32 bits per heavy atom. The maximum absolute atomic E-state index is 12.1. The van der Waals surface area contributed by atoms with Gasteiger partial charge in [0.1, 0.15) is 0 Å². The van der Waals surface area contributed by atoms with Crippen LogP contribution in [0.1, 0.15) is 23.6 Å². The van der Waals surface area contributed by atoms with Crippen LogP contribution in [0.25, 0.3) is 0 Å². The lowest BCUT2D eigenvalue weighted by Crippen LogP contribution is -2.34. The van der Waals surface area contributed by atoms with E-state index in [1.165, 1.54) is 0 Å². The predicted molar refractivity (Wildman–Crippen MR) is 86.4 cm³/mol. The summed E-state index contributed by atoms with van der Waals surface area (Å²) in [6, 6.07) is 11.7. The molecule has 1 aliphatic heterocycles. The van der Waals surface area contributed by atoms with Gasteiger partial charge in [-0.2, -0.15) is 0 Å². The molecule has 0 saturated carbocycles. The van der Waals surface area contributed by atoms with Crippen LogP contribution in [-0.4, -0.2) is 28.9 Å². The average Bonchev–Trinajstić information content (AvgIpc) is 2.82. The van der Waals surface area contributed by atoms with Crippen LogP contribution in [0.4, 0.5) is 0 Å². The number of pyridine rings is 1. The van der Waals surface area contributed by atoms with Gasteiger partial charge in [0, 0.05) is 43.5 Å². The quantitative estimate of drug-likeness (QED) is 0.943. The van der Waals surface area contributed by atoms with E-state index in [2.05, 4.69) is 10.3 Å². The van der Waals surface area contributed by atoms with Gasteiger partial charge in [-0.05, 0) is 23.3 Å². The Hall–Kier alpha value is -1.91. The molecule has 2 aromatic rings. The van der Waals surface area contributed by atoms with Gasteiger partial charge in [-0.3, -0.25) is 9.78 Å². The minimum Gasteiger partial charge on any atom is -0.337 e. The Labute approximate surface area is 135 Å². The van der Waals surface area contributed by atoms with Crippen LogP contribution in [0.3, 0.4) is 0 Å². The lowest BCUT2D eigenvalue weighted by molar-refractivity contribution is -0.127. The van der Waals surface area contributed by atoms with Gasteiger partial charge >= 0.3 is 0 Å². The molecular formula is C17H18ClN3O. The standard InChI is InChI=1S/C17H18ClN3O/c1-21-16(22)9-15(17(21)13-6-4-8-19-10-13)20-11-12-5-2-3-7-14(12)18/h2-8,10,15,17,20H,9,11H2,1H3/t15-,17+/m1/s1. The first-order valence-corrected chi connectivity index (χ1v) is 7.67. The highest BCUT2D eigenvalue weighted by Gasteiger charge is 2.38. The molecule has 4 nitrogen and oxygen atoms in total. The minimum atomic E-state index is 0.00341. The van der Waals surface area contributed by atoms with Crippen LogP contribution < -0.4 is 5.32 Å². The topological polar surface area (TPSA) is 45.2 Å². The van der Waals surface area contributed by atoms with E-state index >= 15 is 0 Å². The third kappa shape index (κ3) is 2.98. The van der Waals surface area contributed by atoms with Gasteiger partial charge in [0.2, 0.25) is 5.91 Å². The molecule has 2 atom stereocenters. The number of likely N-dealkylation sites (N-methyl/N-ethyl adjacent to an activating group) is 1. The summed E-state index contributed by atoms with van der Waals surface area (Å²) in [6.07, 6.45) is 4.05. The normalized spacial score (nSPS) is 21.4. The number of carbonyl (C=O) groups excluding carboxylic acids is 1. The third-order valence-corrected chi connectivity index (χ3v) is 4.49. The summed E-state index contributed by atoms with van der Waals surface area (Å²) in [6.45, 7) is 0.641. The van der Waals surface area contributed by atoms with E-state index in [0.717, 1.165) is 16.1 Å². The molecule has 0 bridgehead atoms. The fraction of sp³-hybridized carbons (Fsp3) is 0.294. The molecule has 22 heavy (non-hydrogen) atoms. The van der Waals surface area contributed by atoms with Crippen LogP contribution >= 0.6 is 11.6 Å².